The van der Waals surface area contributed by atoms with Crippen LogP contribution >= 0.6 is 0 Å². The minimum absolute atomic E-state index is 0. The first-order valence-electron chi connectivity index (χ1n) is 3.68. The molecule has 2 aliphatic rings. The fourth-order valence-electron chi connectivity index (χ4n) is 1.37. The molecule has 0 radical (unpaired) electrons. The van der Waals surface area contributed by atoms with Crippen molar-refractivity contribution in [1.82, 2.24) is 0 Å². The molecular formula is C10H10In+3. The van der Waals surface area contributed by atoms with Crippen LogP contribution in [0.1, 0.15) is 12.8 Å². The Morgan fingerprint density at radius 1 is 0.818 bits per heavy atom. The molecule has 2 aliphatic carbocycles. The van der Waals surface area contributed by atoms with Gasteiger partial charge in [-0.05, 0) is 24.0 Å². The van der Waals surface area contributed by atoms with Crippen molar-refractivity contribution in [2.75, 3.05) is 0 Å². The van der Waals surface area contributed by atoms with Gasteiger partial charge in [-0.1, -0.05) is 36.5 Å². The van der Waals surface area contributed by atoms with Crippen molar-refractivity contribution in [3.63, 3.8) is 0 Å². The average Bonchev–Trinajstić information content (AvgIpc) is 2.59. The van der Waals surface area contributed by atoms with Gasteiger partial charge in [-0.3, -0.25) is 0 Å². The summed E-state index contributed by atoms with van der Waals surface area (Å²) in [4.78, 5) is 0. The number of hydrogen-bond acceptors (Lipinski definition) is 0. The molecule has 0 saturated carbocycles. The maximum absolute atomic E-state index is 2.21. The molecule has 0 N–H and O–H groups in total. The summed E-state index contributed by atoms with van der Waals surface area (Å²) in [7, 11) is 0. The van der Waals surface area contributed by atoms with E-state index in [4.69, 9.17) is 0 Å². The number of hydrogen-bond donors (Lipinski definition) is 0. The van der Waals surface area contributed by atoms with E-state index >= 15 is 0 Å². The largest absolute Gasteiger partial charge is 3.00 e. The van der Waals surface area contributed by atoms with Crippen LogP contribution in [0, 0.1) is 0 Å². The second-order valence-corrected chi connectivity index (χ2v) is 2.65. The Balaban J connectivity index is 0.000000605. The Labute approximate surface area is 86.2 Å². The van der Waals surface area contributed by atoms with Crippen molar-refractivity contribution in [2.24, 2.45) is 0 Å². The molecule has 2 rings (SSSR count). The molecule has 0 heterocycles. The van der Waals surface area contributed by atoms with Crippen LogP contribution in [0.4, 0.5) is 0 Å². The first-order valence-corrected chi connectivity index (χ1v) is 3.68. The Bertz CT molecular complexity index is 226. The number of rotatable bonds is 1. The van der Waals surface area contributed by atoms with E-state index in [9.17, 15) is 0 Å². The molecule has 0 fully saturated rings. The first kappa shape index (κ1) is 8.92. The SMILES string of the molecule is C1=CCC(C2=CC=CC2)=C1.[In+3]. The molecule has 0 aromatic carbocycles. The molecule has 0 unspecified atom stereocenters. The maximum Gasteiger partial charge on any atom is 3.00 e. The summed E-state index contributed by atoms with van der Waals surface area (Å²) in [6.07, 6.45) is 15.4. The minimum Gasteiger partial charge on any atom is -0.0801 e. The normalized spacial score (nSPS) is 19.6. The molecule has 0 saturated heterocycles. The average molecular weight is 245 g/mol. The van der Waals surface area contributed by atoms with E-state index in [1.165, 1.54) is 11.1 Å². The van der Waals surface area contributed by atoms with Crippen molar-refractivity contribution >= 4 is 25.8 Å². The Hall–Kier alpha value is -0.170. The van der Waals surface area contributed by atoms with Crippen LogP contribution in [0.15, 0.2) is 47.6 Å². The van der Waals surface area contributed by atoms with Crippen LogP contribution in [-0.4, -0.2) is 25.8 Å². The predicted molar refractivity (Wildman–Crippen MR) is 49.4 cm³/mol. The van der Waals surface area contributed by atoms with Crippen LogP contribution in [0.25, 0.3) is 0 Å². The van der Waals surface area contributed by atoms with Crippen LogP contribution in [0.5, 0.6) is 0 Å². The zero-order valence-corrected chi connectivity index (χ0v) is 9.75. The first-order chi connectivity index (χ1) is 4.97. The van der Waals surface area contributed by atoms with Crippen LogP contribution < -0.4 is 0 Å². The third-order valence-corrected chi connectivity index (χ3v) is 1.95. The summed E-state index contributed by atoms with van der Waals surface area (Å²) in [5.41, 5.74) is 2.98. The molecule has 11 heavy (non-hydrogen) atoms. The maximum atomic E-state index is 2.21. The second kappa shape index (κ2) is 4.01. The van der Waals surface area contributed by atoms with E-state index in [1.54, 1.807) is 0 Å². The molecule has 50 valence electrons. The zero-order chi connectivity index (χ0) is 6.81. The molecule has 0 aromatic rings. The molecule has 0 atom stereocenters. The monoisotopic (exact) mass is 245 g/mol. The summed E-state index contributed by atoms with van der Waals surface area (Å²) < 4.78 is 0. The summed E-state index contributed by atoms with van der Waals surface area (Å²) >= 11 is 0. The van der Waals surface area contributed by atoms with E-state index in [1.807, 2.05) is 0 Å². The molecule has 0 spiro atoms. The molecule has 0 nitrogen and oxygen atoms in total. The van der Waals surface area contributed by atoms with Gasteiger partial charge in [-0.2, -0.15) is 0 Å². The van der Waals surface area contributed by atoms with Gasteiger partial charge in [0.2, 0.25) is 0 Å². The van der Waals surface area contributed by atoms with Crippen molar-refractivity contribution in [3.05, 3.63) is 47.6 Å². The Morgan fingerprint density at radius 2 is 1.27 bits per heavy atom. The Morgan fingerprint density at radius 3 is 1.55 bits per heavy atom. The summed E-state index contributed by atoms with van der Waals surface area (Å²) in [5.74, 6) is 0. The molecular weight excluding hydrogens is 235 g/mol. The summed E-state index contributed by atoms with van der Waals surface area (Å²) in [6, 6.07) is 0. The third-order valence-electron chi connectivity index (χ3n) is 1.95. The quantitative estimate of drug-likeness (QED) is 0.665. The summed E-state index contributed by atoms with van der Waals surface area (Å²) in [6.45, 7) is 0. The van der Waals surface area contributed by atoms with Gasteiger partial charge in [0.05, 0.1) is 0 Å². The van der Waals surface area contributed by atoms with Crippen LogP contribution in [-0.2, 0) is 0 Å². The smallest absolute Gasteiger partial charge is 0.0801 e. The van der Waals surface area contributed by atoms with Crippen molar-refractivity contribution in [1.29, 1.82) is 0 Å². The number of allylic oxidation sites excluding steroid dienone is 8. The van der Waals surface area contributed by atoms with Crippen molar-refractivity contribution in [3.8, 4) is 0 Å². The van der Waals surface area contributed by atoms with Gasteiger partial charge in [-0.15, -0.1) is 0 Å². The predicted octanol–water partition coefficient (Wildman–Crippen LogP) is 2.38. The van der Waals surface area contributed by atoms with Gasteiger partial charge >= 0.3 is 25.8 Å². The summed E-state index contributed by atoms with van der Waals surface area (Å²) in [5, 5.41) is 0. The van der Waals surface area contributed by atoms with Crippen molar-refractivity contribution < 1.29 is 0 Å². The van der Waals surface area contributed by atoms with E-state index in [-0.39, 0.29) is 25.8 Å². The molecule has 0 aliphatic heterocycles. The van der Waals surface area contributed by atoms with E-state index in [0.717, 1.165) is 12.8 Å². The minimum atomic E-state index is 0. The van der Waals surface area contributed by atoms with Gasteiger partial charge in [0.15, 0.2) is 0 Å². The van der Waals surface area contributed by atoms with E-state index < -0.39 is 0 Å². The molecule has 0 aromatic heterocycles. The van der Waals surface area contributed by atoms with Gasteiger partial charge in [0.25, 0.3) is 0 Å². The second-order valence-electron chi connectivity index (χ2n) is 2.65. The van der Waals surface area contributed by atoms with Gasteiger partial charge in [0, 0.05) is 0 Å². The van der Waals surface area contributed by atoms with Crippen molar-refractivity contribution in [2.45, 2.75) is 12.8 Å². The van der Waals surface area contributed by atoms with Crippen LogP contribution in [0.2, 0.25) is 0 Å². The van der Waals surface area contributed by atoms with Gasteiger partial charge < -0.3 is 0 Å². The molecule has 1 heteroatoms. The fraction of sp³-hybridized carbons (Fsp3) is 0.200. The molecule has 0 amide bonds. The van der Waals surface area contributed by atoms with E-state index in [2.05, 4.69) is 36.5 Å². The van der Waals surface area contributed by atoms with Gasteiger partial charge in [-0.25, -0.2) is 0 Å². The Kier molecular flexibility index (Phi) is 3.25. The van der Waals surface area contributed by atoms with Crippen LogP contribution in [0.3, 0.4) is 0 Å². The molecule has 0 bridgehead atoms. The van der Waals surface area contributed by atoms with Gasteiger partial charge in [0.1, 0.15) is 0 Å². The standard InChI is InChI=1S/C10H10.In/c1-2-6-9(5-1)10-7-3-4-8-10;/h1-5,7H,6,8H2;/q;+3. The third kappa shape index (κ3) is 1.90. The van der Waals surface area contributed by atoms with E-state index in [0.29, 0.717) is 0 Å². The topological polar surface area (TPSA) is 0 Å². The fourth-order valence-corrected chi connectivity index (χ4v) is 1.37. The zero-order valence-electron chi connectivity index (χ0n) is 6.46.